The molecule has 3 nitrogen and oxygen atoms in total. The number of hydrogen-bond acceptors (Lipinski definition) is 3. The fourth-order valence-electron chi connectivity index (χ4n) is 5.27. The number of benzene rings is 2. The van der Waals surface area contributed by atoms with Gasteiger partial charge in [-0.1, -0.05) is 25.8 Å². The number of rotatable bonds is 16. The van der Waals surface area contributed by atoms with Gasteiger partial charge < -0.3 is 14.2 Å². The normalized spacial score (nSPS) is 17.8. The Kier molecular flexibility index (Phi) is 12.2. The molecule has 2 aromatic carbocycles. The summed E-state index contributed by atoms with van der Waals surface area (Å²) in [6, 6.07) is 4.85. The molecule has 42 heavy (non-hydrogen) atoms. The molecule has 0 unspecified atom stereocenters. The number of alkyl halides is 4. The van der Waals surface area contributed by atoms with Gasteiger partial charge in [-0.2, -0.15) is 13.2 Å². The van der Waals surface area contributed by atoms with Crippen LogP contribution in [0.5, 0.6) is 17.2 Å². The first kappa shape index (κ1) is 33.8. The summed E-state index contributed by atoms with van der Waals surface area (Å²) < 4.78 is 131. The Morgan fingerprint density at radius 3 is 1.50 bits per heavy atom. The molecule has 3 rings (SSSR count). The topological polar surface area (TPSA) is 27.7 Å². The van der Waals surface area contributed by atoms with E-state index in [4.69, 9.17) is 14.2 Å². The van der Waals surface area contributed by atoms with Crippen LogP contribution in [0.1, 0.15) is 77.2 Å². The van der Waals surface area contributed by atoms with Crippen molar-refractivity contribution in [2.75, 3.05) is 19.8 Å². The van der Waals surface area contributed by atoms with E-state index in [0.717, 1.165) is 25.0 Å². The van der Waals surface area contributed by atoms with E-state index in [9.17, 15) is 35.1 Å². The number of hydrogen-bond donors (Lipinski definition) is 0. The van der Waals surface area contributed by atoms with Crippen LogP contribution < -0.4 is 14.2 Å². The number of halogens is 8. The lowest BCUT2D eigenvalue weighted by Crippen LogP contribution is -2.38. The Labute approximate surface area is 241 Å². The van der Waals surface area contributed by atoms with E-state index in [2.05, 4.69) is 0 Å². The lowest BCUT2D eigenvalue weighted by molar-refractivity contribution is -0.122. The van der Waals surface area contributed by atoms with Gasteiger partial charge >= 0.3 is 0 Å². The molecule has 2 aromatic rings. The Hall–Kier alpha value is -2.72. The van der Waals surface area contributed by atoms with Crippen molar-refractivity contribution in [3.8, 4) is 17.2 Å². The number of aryl methyl sites for hydroxylation is 1. The third-order valence-corrected chi connectivity index (χ3v) is 7.80. The summed E-state index contributed by atoms with van der Waals surface area (Å²) in [5.41, 5.74) is 0.205. The zero-order valence-corrected chi connectivity index (χ0v) is 23.9. The molecule has 11 heteroatoms. The summed E-state index contributed by atoms with van der Waals surface area (Å²) in [6.45, 7) is 2.53. The molecule has 0 saturated heterocycles. The quantitative estimate of drug-likeness (QED) is 0.140. The standard InChI is InChI=1S/C31H38F8O3/c1-3-5-6-7-20-8-13-24(27(33)26(20)32)41-18-16-30(36,37)21-9-11-22(12-10-21)31(38,39)17-19-42-25-15-14-23(40-4-2)28(34)29(25)35/h8,13-15,21-22H,3-7,9-12,16-19H2,1-2H3. The van der Waals surface area contributed by atoms with E-state index >= 15 is 0 Å². The van der Waals surface area contributed by atoms with Gasteiger partial charge in [0.05, 0.1) is 19.8 Å². The maximum atomic E-state index is 14.9. The van der Waals surface area contributed by atoms with Gasteiger partial charge in [0.15, 0.2) is 23.1 Å². The number of ether oxygens (including phenoxy) is 3. The van der Waals surface area contributed by atoms with Gasteiger partial charge in [0, 0.05) is 24.7 Å². The summed E-state index contributed by atoms with van der Waals surface area (Å²) in [5.74, 6) is -15.0. The van der Waals surface area contributed by atoms with E-state index in [1.54, 1.807) is 6.92 Å². The molecule has 0 atom stereocenters. The minimum atomic E-state index is -3.26. The maximum Gasteiger partial charge on any atom is 0.254 e. The molecule has 0 heterocycles. The third-order valence-electron chi connectivity index (χ3n) is 7.80. The predicted octanol–water partition coefficient (Wildman–Crippen LogP) is 9.69. The summed E-state index contributed by atoms with van der Waals surface area (Å²) in [6.07, 6.45) is 0.698. The van der Waals surface area contributed by atoms with Crippen molar-refractivity contribution >= 4 is 0 Å². The van der Waals surface area contributed by atoms with Crippen molar-refractivity contribution in [1.82, 2.24) is 0 Å². The lowest BCUT2D eigenvalue weighted by Gasteiger charge is -2.36. The first-order valence-electron chi connectivity index (χ1n) is 14.5. The van der Waals surface area contributed by atoms with Crippen LogP contribution in [0.15, 0.2) is 24.3 Å². The molecule has 0 N–H and O–H groups in total. The van der Waals surface area contributed by atoms with Gasteiger partial charge in [0.25, 0.3) is 11.8 Å². The SMILES string of the molecule is CCCCCc1ccc(OCCC(F)(F)C2CCC(C(F)(F)CCOc3ccc(OCC)c(F)c3F)CC2)c(F)c1F. The molecule has 1 saturated carbocycles. The van der Waals surface area contributed by atoms with E-state index in [1.807, 2.05) is 6.92 Å². The van der Waals surface area contributed by atoms with Crippen LogP contribution in [0.25, 0.3) is 0 Å². The van der Waals surface area contributed by atoms with Crippen molar-refractivity contribution in [3.05, 3.63) is 53.1 Å². The minimum absolute atomic E-state index is 0.111. The second kappa shape index (κ2) is 15.1. The Bertz CT molecular complexity index is 1150. The zero-order valence-electron chi connectivity index (χ0n) is 23.9. The van der Waals surface area contributed by atoms with Crippen LogP contribution >= 0.6 is 0 Å². The summed E-state index contributed by atoms with van der Waals surface area (Å²) in [4.78, 5) is 0. The molecule has 1 aliphatic carbocycles. The number of unbranched alkanes of at least 4 members (excludes halogenated alkanes) is 2. The van der Waals surface area contributed by atoms with Crippen molar-refractivity contribution in [2.45, 2.75) is 89.9 Å². The van der Waals surface area contributed by atoms with Crippen LogP contribution in [0.2, 0.25) is 0 Å². The van der Waals surface area contributed by atoms with Crippen LogP contribution in [-0.4, -0.2) is 31.7 Å². The highest BCUT2D eigenvalue weighted by Gasteiger charge is 2.47. The van der Waals surface area contributed by atoms with Crippen LogP contribution in [0.4, 0.5) is 35.1 Å². The van der Waals surface area contributed by atoms with E-state index in [-0.39, 0.29) is 43.6 Å². The molecule has 0 amide bonds. The van der Waals surface area contributed by atoms with E-state index in [1.165, 1.54) is 12.1 Å². The molecule has 0 spiro atoms. The average molecular weight is 611 g/mol. The molecular formula is C31H38F8O3. The molecular weight excluding hydrogens is 572 g/mol. The van der Waals surface area contributed by atoms with Gasteiger partial charge in [0.1, 0.15) is 0 Å². The van der Waals surface area contributed by atoms with Gasteiger partial charge in [-0.3, -0.25) is 0 Å². The molecule has 1 aliphatic rings. The molecule has 0 bridgehead atoms. The summed E-state index contributed by atoms with van der Waals surface area (Å²) in [5, 5.41) is 0. The van der Waals surface area contributed by atoms with Crippen molar-refractivity contribution < 1.29 is 49.3 Å². The van der Waals surface area contributed by atoms with Gasteiger partial charge in [-0.05, 0) is 69.2 Å². The first-order chi connectivity index (χ1) is 19.9. The van der Waals surface area contributed by atoms with Gasteiger partial charge in [0.2, 0.25) is 17.5 Å². The highest BCUT2D eigenvalue weighted by atomic mass is 19.3. The van der Waals surface area contributed by atoms with Gasteiger partial charge in [-0.25, -0.2) is 22.0 Å². The lowest BCUT2D eigenvalue weighted by atomic mass is 9.75. The van der Waals surface area contributed by atoms with Crippen molar-refractivity contribution in [1.29, 1.82) is 0 Å². The maximum absolute atomic E-state index is 14.9. The van der Waals surface area contributed by atoms with Crippen LogP contribution in [-0.2, 0) is 6.42 Å². The van der Waals surface area contributed by atoms with Crippen LogP contribution in [0, 0.1) is 35.1 Å². The van der Waals surface area contributed by atoms with Crippen molar-refractivity contribution in [3.63, 3.8) is 0 Å². The molecule has 0 aromatic heterocycles. The fourth-order valence-corrected chi connectivity index (χ4v) is 5.27. The van der Waals surface area contributed by atoms with Gasteiger partial charge in [-0.15, -0.1) is 0 Å². The monoisotopic (exact) mass is 610 g/mol. The highest BCUT2D eigenvalue weighted by Crippen LogP contribution is 2.46. The zero-order chi connectivity index (χ0) is 30.9. The van der Waals surface area contributed by atoms with E-state index < -0.39 is 84.5 Å². The Morgan fingerprint density at radius 1 is 0.619 bits per heavy atom. The summed E-state index contributed by atoms with van der Waals surface area (Å²) in [7, 11) is 0. The largest absolute Gasteiger partial charge is 0.491 e. The average Bonchev–Trinajstić information content (AvgIpc) is 2.96. The second-order valence-corrected chi connectivity index (χ2v) is 10.7. The van der Waals surface area contributed by atoms with E-state index in [0.29, 0.717) is 12.8 Å². The smallest absolute Gasteiger partial charge is 0.254 e. The second-order valence-electron chi connectivity index (χ2n) is 10.7. The molecule has 0 aliphatic heterocycles. The molecule has 0 radical (unpaired) electrons. The predicted molar refractivity (Wildman–Crippen MR) is 143 cm³/mol. The molecule has 1 fully saturated rings. The Balaban J connectivity index is 1.45. The van der Waals surface area contributed by atoms with Crippen molar-refractivity contribution in [2.24, 2.45) is 11.8 Å². The Morgan fingerprint density at radius 2 is 1.05 bits per heavy atom. The van der Waals surface area contributed by atoms with Crippen LogP contribution in [0.3, 0.4) is 0 Å². The molecule has 236 valence electrons. The highest BCUT2D eigenvalue weighted by molar-refractivity contribution is 5.35. The fraction of sp³-hybridized carbons (Fsp3) is 0.613. The minimum Gasteiger partial charge on any atom is -0.491 e. The summed E-state index contributed by atoms with van der Waals surface area (Å²) >= 11 is 0. The third kappa shape index (κ3) is 8.66. The first-order valence-corrected chi connectivity index (χ1v) is 14.5.